The number of hydrogen-bond acceptors (Lipinski definition) is 6. The molecule has 0 bridgehead atoms. The van der Waals surface area contributed by atoms with Crippen molar-refractivity contribution < 1.29 is 18.8 Å². The summed E-state index contributed by atoms with van der Waals surface area (Å²) >= 11 is 0. The molecule has 0 aliphatic carbocycles. The van der Waals surface area contributed by atoms with Crippen molar-refractivity contribution >= 4 is 11.9 Å². The molecule has 3 amide bonds. The number of amides is 3. The van der Waals surface area contributed by atoms with Gasteiger partial charge >= 0.3 is 6.03 Å². The van der Waals surface area contributed by atoms with Crippen LogP contribution >= 0.6 is 0 Å². The Morgan fingerprint density at radius 1 is 1.10 bits per heavy atom. The highest BCUT2D eigenvalue weighted by Gasteiger charge is 2.49. The van der Waals surface area contributed by atoms with Crippen molar-refractivity contribution in [3.05, 3.63) is 65.5 Å². The second-order valence-corrected chi connectivity index (χ2v) is 7.96. The molecule has 4 rings (SSSR count). The van der Waals surface area contributed by atoms with Crippen molar-refractivity contribution in [1.82, 2.24) is 20.4 Å². The lowest BCUT2D eigenvalue weighted by molar-refractivity contribution is -0.131. The number of urea groups is 1. The van der Waals surface area contributed by atoms with Crippen LogP contribution in [0.15, 0.2) is 53.1 Å². The van der Waals surface area contributed by atoms with Gasteiger partial charge < -0.3 is 14.6 Å². The predicted molar refractivity (Wildman–Crippen MR) is 113 cm³/mol. The Hall–Kier alpha value is -3.68. The average Bonchev–Trinajstić information content (AvgIpc) is 3.33. The largest absolute Gasteiger partial charge is 0.497 e. The van der Waals surface area contributed by atoms with Gasteiger partial charge in [0.25, 0.3) is 5.91 Å². The first-order valence-electron chi connectivity index (χ1n) is 10.0. The van der Waals surface area contributed by atoms with Gasteiger partial charge in [0.15, 0.2) is 0 Å². The average molecular weight is 420 g/mol. The Labute approximate surface area is 180 Å². The number of rotatable bonds is 6. The van der Waals surface area contributed by atoms with E-state index in [-0.39, 0.29) is 18.3 Å². The third kappa shape index (κ3) is 3.76. The number of carbonyl (C=O) groups is 2. The number of imide groups is 1. The molecule has 1 saturated heterocycles. The summed E-state index contributed by atoms with van der Waals surface area (Å²) in [7, 11) is 1.57. The Morgan fingerprint density at radius 3 is 2.39 bits per heavy atom. The molecule has 0 spiro atoms. The van der Waals surface area contributed by atoms with Gasteiger partial charge in [-0.25, -0.2) is 4.79 Å². The summed E-state index contributed by atoms with van der Waals surface area (Å²) in [5.74, 6) is 1.31. The van der Waals surface area contributed by atoms with E-state index in [2.05, 4.69) is 29.3 Å². The van der Waals surface area contributed by atoms with Gasteiger partial charge in [-0.05, 0) is 36.1 Å². The lowest BCUT2D eigenvalue weighted by Crippen LogP contribution is -2.40. The summed E-state index contributed by atoms with van der Waals surface area (Å²) in [5, 5.41) is 6.76. The van der Waals surface area contributed by atoms with Crippen LogP contribution in [0.1, 0.15) is 43.7 Å². The number of benzene rings is 2. The molecular weight excluding hydrogens is 396 g/mol. The van der Waals surface area contributed by atoms with Crippen LogP contribution in [0, 0.1) is 0 Å². The molecule has 0 saturated carbocycles. The standard InChI is InChI=1S/C23H24N4O4/c1-14(2)15-5-7-16(8-6-15)20-24-19(31-26-20)13-27-21(28)23(3,25-22(27)29)17-9-11-18(30-4)12-10-17/h5-12,14H,13H2,1-4H3,(H,25,29). The number of nitrogens with one attached hydrogen (secondary N) is 1. The topological polar surface area (TPSA) is 97.6 Å². The van der Waals surface area contributed by atoms with Gasteiger partial charge in [0.1, 0.15) is 17.8 Å². The molecular formula is C23H24N4O4. The molecule has 0 radical (unpaired) electrons. The summed E-state index contributed by atoms with van der Waals surface area (Å²) in [6.45, 7) is 5.82. The van der Waals surface area contributed by atoms with Crippen LogP contribution < -0.4 is 10.1 Å². The third-order valence-corrected chi connectivity index (χ3v) is 5.54. The van der Waals surface area contributed by atoms with Crippen LogP contribution in [0.5, 0.6) is 5.75 Å². The van der Waals surface area contributed by atoms with E-state index in [0.717, 1.165) is 10.5 Å². The minimum absolute atomic E-state index is 0.104. The number of nitrogens with zero attached hydrogens (tertiary/aromatic N) is 3. The fourth-order valence-electron chi connectivity index (χ4n) is 3.55. The highest BCUT2D eigenvalue weighted by atomic mass is 16.5. The van der Waals surface area contributed by atoms with E-state index in [1.807, 2.05) is 24.3 Å². The zero-order valence-corrected chi connectivity index (χ0v) is 17.9. The van der Waals surface area contributed by atoms with Crippen molar-refractivity contribution in [2.45, 2.75) is 38.8 Å². The van der Waals surface area contributed by atoms with Gasteiger partial charge in [0.05, 0.1) is 7.11 Å². The maximum Gasteiger partial charge on any atom is 0.325 e. The maximum atomic E-state index is 13.1. The second-order valence-electron chi connectivity index (χ2n) is 7.96. The van der Waals surface area contributed by atoms with Gasteiger partial charge in [-0.2, -0.15) is 4.98 Å². The smallest absolute Gasteiger partial charge is 0.325 e. The van der Waals surface area contributed by atoms with Crippen LogP contribution in [0.2, 0.25) is 0 Å². The molecule has 1 N–H and O–H groups in total. The molecule has 8 nitrogen and oxygen atoms in total. The summed E-state index contributed by atoms with van der Waals surface area (Å²) in [4.78, 5) is 31.1. The van der Waals surface area contributed by atoms with Crippen molar-refractivity contribution in [3.8, 4) is 17.1 Å². The third-order valence-electron chi connectivity index (χ3n) is 5.54. The van der Waals surface area contributed by atoms with Crippen LogP contribution in [0.3, 0.4) is 0 Å². The van der Waals surface area contributed by atoms with Crippen molar-refractivity contribution in [2.24, 2.45) is 0 Å². The predicted octanol–water partition coefficient (Wildman–Crippen LogP) is 3.84. The first-order chi connectivity index (χ1) is 14.8. The quantitative estimate of drug-likeness (QED) is 0.609. The Morgan fingerprint density at radius 2 is 1.77 bits per heavy atom. The van der Waals surface area contributed by atoms with Crippen molar-refractivity contribution in [3.63, 3.8) is 0 Å². The first-order valence-corrected chi connectivity index (χ1v) is 10.0. The zero-order valence-electron chi connectivity index (χ0n) is 17.9. The normalized spacial score (nSPS) is 18.5. The summed E-state index contributed by atoms with van der Waals surface area (Å²) in [6.07, 6.45) is 0. The molecule has 1 aromatic heterocycles. The molecule has 3 aromatic rings. The number of carbonyl (C=O) groups excluding carboxylic acids is 2. The highest BCUT2D eigenvalue weighted by molar-refractivity contribution is 6.07. The SMILES string of the molecule is COc1ccc(C2(C)NC(=O)N(Cc3nc(-c4ccc(C(C)C)cc4)no3)C2=O)cc1. The molecule has 31 heavy (non-hydrogen) atoms. The Kier molecular flexibility index (Phi) is 5.22. The summed E-state index contributed by atoms with van der Waals surface area (Å²) in [6, 6.07) is 14.4. The summed E-state index contributed by atoms with van der Waals surface area (Å²) in [5.41, 5.74) is 1.49. The molecule has 1 fully saturated rings. The number of hydrogen-bond donors (Lipinski definition) is 1. The zero-order chi connectivity index (χ0) is 22.2. The van der Waals surface area contributed by atoms with Crippen LogP contribution in [0.4, 0.5) is 4.79 Å². The molecule has 1 aliphatic rings. The van der Waals surface area contributed by atoms with E-state index in [1.54, 1.807) is 38.3 Å². The minimum atomic E-state index is -1.18. The lowest BCUT2D eigenvalue weighted by atomic mass is 9.92. The highest BCUT2D eigenvalue weighted by Crippen LogP contribution is 2.31. The Bertz CT molecular complexity index is 1110. The molecule has 2 heterocycles. The molecule has 1 unspecified atom stereocenters. The van der Waals surface area contributed by atoms with E-state index in [4.69, 9.17) is 9.26 Å². The maximum absolute atomic E-state index is 13.1. The van der Waals surface area contributed by atoms with Gasteiger partial charge in [-0.3, -0.25) is 9.69 Å². The van der Waals surface area contributed by atoms with E-state index in [9.17, 15) is 9.59 Å². The van der Waals surface area contributed by atoms with E-state index in [1.165, 1.54) is 5.56 Å². The summed E-state index contributed by atoms with van der Waals surface area (Å²) < 4.78 is 10.5. The number of ether oxygens (including phenoxy) is 1. The first kappa shape index (κ1) is 20.6. The fraction of sp³-hybridized carbons (Fsp3) is 0.304. The van der Waals surface area contributed by atoms with Gasteiger partial charge in [0, 0.05) is 5.56 Å². The van der Waals surface area contributed by atoms with Crippen LogP contribution in [-0.2, 0) is 16.9 Å². The molecule has 2 aromatic carbocycles. The molecule has 8 heteroatoms. The van der Waals surface area contributed by atoms with Gasteiger partial charge in [-0.1, -0.05) is 55.4 Å². The lowest BCUT2D eigenvalue weighted by Gasteiger charge is -2.22. The number of aromatic nitrogens is 2. The van der Waals surface area contributed by atoms with Crippen molar-refractivity contribution in [1.29, 1.82) is 0 Å². The molecule has 1 atom stereocenters. The molecule has 160 valence electrons. The van der Waals surface area contributed by atoms with Gasteiger partial charge in [0.2, 0.25) is 11.7 Å². The Balaban J connectivity index is 1.52. The molecule has 1 aliphatic heterocycles. The van der Waals surface area contributed by atoms with Gasteiger partial charge in [-0.15, -0.1) is 0 Å². The number of methoxy groups -OCH3 is 1. The van der Waals surface area contributed by atoms with Crippen LogP contribution in [-0.4, -0.2) is 34.1 Å². The monoisotopic (exact) mass is 420 g/mol. The van der Waals surface area contributed by atoms with Crippen LogP contribution in [0.25, 0.3) is 11.4 Å². The van der Waals surface area contributed by atoms with E-state index >= 15 is 0 Å². The van der Waals surface area contributed by atoms with Crippen molar-refractivity contribution in [2.75, 3.05) is 7.11 Å². The fourth-order valence-corrected chi connectivity index (χ4v) is 3.55. The second kappa shape index (κ2) is 7.86. The van der Waals surface area contributed by atoms with E-state index < -0.39 is 11.6 Å². The van der Waals surface area contributed by atoms with E-state index in [0.29, 0.717) is 23.1 Å². The minimum Gasteiger partial charge on any atom is -0.497 e.